The van der Waals surface area contributed by atoms with Gasteiger partial charge in [-0.15, -0.1) is 0 Å². The van der Waals surface area contributed by atoms with Gasteiger partial charge in [0.05, 0.1) is 30.4 Å². The Morgan fingerprint density at radius 1 is 0.878 bits per heavy atom. The third-order valence-electron chi connectivity index (χ3n) is 9.30. The van der Waals surface area contributed by atoms with Crippen LogP contribution in [0.2, 0.25) is 0 Å². The molecule has 3 atom stereocenters. The topological polar surface area (TPSA) is 103 Å². The number of rotatable bonds is 9. The van der Waals surface area contributed by atoms with Gasteiger partial charge in [0.2, 0.25) is 5.95 Å². The molecule has 1 aliphatic carbocycles. The fraction of sp³-hybridized carbons (Fsp3) is 0.545. The second-order valence-electron chi connectivity index (χ2n) is 12.6. The first-order valence-electron chi connectivity index (χ1n) is 16.0. The van der Waals surface area contributed by atoms with Crippen molar-refractivity contribution >= 4 is 18.0 Å². The Hall–Kier alpha value is -4.37. The number of anilines is 1. The van der Waals surface area contributed by atoms with Crippen molar-refractivity contribution < 1.29 is 45.4 Å². The number of amides is 1. The number of halogens is 6. The van der Waals surface area contributed by atoms with Crippen molar-refractivity contribution in [1.29, 1.82) is 0 Å². The average molecular weight is 697 g/mol. The van der Waals surface area contributed by atoms with Gasteiger partial charge in [0, 0.05) is 61.4 Å². The van der Waals surface area contributed by atoms with Crippen LogP contribution in [0.5, 0.6) is 0 Å². The van der Waals surface area contributed by atoms with E-state index in [9.17, 15) is 35.9 Å². The maximum atomic E-state index is 13.8. The molecule has 1 saturated heterocycles. The molecule has 1 amide bonds. The molecule has 266 valence electrons. The highest BCUT2D eigenvalue weighted by Crippen LogP contribution is 2.39. The number of esters is 1. The predicted molar refractivity (Wildman–Crippen MR) is 165 cm³/mol. The summed E-state index contributed by atoms with van der Waals surface area (Å²) in [5.41, 5.74) is -1.69. The van der Waals surface area contributed by atoms with E-state index in [0.29, 0.717) is 56.2 Å². The lowest BCUT2D eigenvalue weighted by Crippen LogP contribution is -2.57. The van der Waals surface area contributed by atoms with Gasteiger partial charge in [-0.2, -0.15) is 31.4 Å². The summed E-state index contributed by atoms with van der Waals surface area (Å²) in [4.78, 5) is 37.6. The standard InChI is InChI=1S/C33H38F6N6O4/c1-5-25-12-27(13-26(6-2)45(25)31(47)49-28-9-20(10-28)29(46)48-4)44(30-40-14-21(15-41-30)22-16-42-43(3)18-22)17-19-7-23(32(34,35)36)11-24(8-19)33(37,38)39/h7-8,11,14-16,18,20,25-28H,5-6,9-10,12-13,17H2,1-4H3/t20-,25-,26+,27+,28-. The number of aryl methyl sites for hydroxylation is 1. The number of hydrogen-bond acceptors (Lipinski definition) is 8. The molecule has 0 N–H and O–H groups in total. The molecule has 1 saturated carbocycles. The average Bonchev–Trinajstić information content (AvgIpc) is 3.49. The Bertz CT molecular complexity index is 1580. The summed E-state index contributed by atoms with van der Waals surface area (Å²) >= 11 is 0. The van der Waals surface area contributed by atoms with Crippen molar-refractivity contribution in [2.45, 2.75) is 95.5 Å². The largest absolute Gasteiger partial charge is 0.469 e. The summed E-state index contributed by atoms with van der Waals surface area (Å²) in [7, 11) is 3.04. The summed E-state index contributed by atoms with van der Waals surface area (Å²) in [6.07, 6.45) is -2.15. The van der Waals surface area contributed by atoms with Crippen molar-refractivity contribution in [2.24, 2.45) is 13.0 Å². The number of carbonyl (C=O) groups excluding carboxylic acids is 2. The molecule has 0 bridgehead atoms. The number of methoxy groups -OCH3 is 1. The van der Waals surface area contributed by atoms with Crippen LogP contribution in [0, 0.1) is 5.92 Å². The van der Waals surface area contributed by atoms with Crippen LogP contribution in [0.1, 0.15) is 69.1 Å². The van der Waals surface area contributed by atoms with Gasteiger partial charge in [-0.1, -0.05) is 13.8 Å². The van der Waals surface area contributed by atoms with E-state index in [2.05, 4.69) is 15.1 Å². The van der Waals surface area contributed by atoms with Crippen LogP contribution < -0.4 is 4.90 Å². The van der Waals surface area contributed by atoms with Gasteiger partial charge in [-0.3, -0.25) is 9.48 Å². The number of ether oxygens (including phenoxy) is 2. The lowest BCUT2D eigenvalue weighted by molar-refractivity contribution is -0.153. The first-order chi connectivity index (χ1) is 23.1. The van der Waals surface area contributed by atoms with Crippen LogP contribution in [-0.4, -0.2) is 68.1 Å². The van der Waals surface area contributed by atoms with Crippen molar-refractivity contribution in [3.63, 3.8) is 0 Å². The van der Waals surface area contributed by atoms with E-state index in [1.807, 2.05) is 13.8 Å². The van der Waals surface area contributed by atoms with Crippen LogP contribution >= 0.6 is 0 Å². The molecule has 1 aliphatic heterocycles. The zero-order valence-corrected chi connectivity index (χ0v) is 27.5. The monoisotopic (exact) mass is 696 g/mol. The van der Waals surface area contributed by atoms with Crippen LogP contribution in [0.25, 0.3) is 11.1 Å². The van der Waals surface area contributed by atoms with E-state index in [1.54, 1.807) is 33.9 Å². The van der Waals surface area contributed by atoms with E-state index in [1.165, 1.54) is 19.5 Å². The lowest BCUT2D eigenvalue weighted by Gasteiger charge is -2.48. The van der Waals surface area contributed by atoms with Crippen LogP contribution in [-0.2, 0) is 40.2 Å². The summed E-state index contributed by atoms with van der Waals surface area (Å²) < 4.78 is 94.8. The number of aromatic nitrogens is 4. The Kier molecular flexibility index (Phi) is 10.4. The van der Waals surface area contributed by atoms with Gasteiger partial charge in [0.15, 0.2) is 0 Å². The SMILES string of the molecule is CC[C@@H]1C[C@H](N(Cc2cc(C(F)(F)F)cc(C(F)(F)F)c2)c2ncc(-c3cnn(C)c3)cn2)C[C@H](CC)N1C(=O)O[C@H]1C[C@H](C(=O)OC)C1. The first kappa shape index (κ1) is 35.9. The maximum absolute atomic E-state index is 13.8. The summed E-state index contributed by atoms with van der Waals surface area (Å²) in [6.45, 7) is 3.43. The molecule has 1 aromatic carbocycles. The quantitative estimate of drug-likeness (QED) is 0.174. The van der Waals surface area contributed by atoms with E-state index in [0.717, 1.165) is 5.56 Å². The molecular formula is C33H38F6N6O4. The predicted octanol–water partition coefficient (Wildman–Crippen LogP) is 7.03. The summed E-state index contributed by atoms with van der Waals surface area (Å²) in [5.74, 6) is -0.568. The fourth-order valence-corrected chi connectivity index (χ4v) is 6.61. The minimum atomic E-state index is -5.01. The number of carbonyl (C=O) groups is 2. The number of alkyl halides is 6. The minimum Gasteiger partial charge on any atom is -0.469 e. The third-order valence-corrected chi connectivity index (χ3v) is 9.30. The Labute approximate surface area is 279 Å². The van der Waals surface area contributed by atoms with E-state index in [4.69, 9.17) is 9.47 Å². The van der Waals surface area contributed by atoms with Crippen molar-refractivity contribution in [2.75, 3.05) is 12.0 Å². The second kappa shape index (κ2) is 14.2. The second-order valence-corrected chi connectivity index (χ2v) is 12.6. The lowest BCUT2D eigenvalue weighted by atomic mass is 9.82. The minimum absolute atomic E-state index is 0.104. The van der Waals surface area contributed by atoms with Gasteiger partial charge in [0.25, 0.3) is 0 Å². The van der Waals surface area contributed by atoms with Gasteiger partial charge >= 0.3 is 24.4 Å². The molecule has 3 heterocycles. The van der Waals surface area contributed by atoms with Crippen molar-refractivity contribution in [3.8, 4) is 11.1 Å². The smallest absolute Gasteiger partial charge is 0.416 e. The molecule has 0 unspecified atom stereocenters. The van der Waals surface area contributed by atoms with Crippen LogP contribution in [0.15, 0.2) is 43.0 Å². The number of piperidine rings is 1. The van der Waals surface area contributed by atoms with Gasteiger partial charge < -0.3 is 19.3 Å². The van der Waals surface area contributed by atoms with Crippen molar-refractivity contribution in [1.82, 2.24) is 24.6 Å². The number of benzene rings is 1. The number of likely N-dealkylation sites (tertiary alicyclic amines) is 1. The Balaban J connectivity index is 1.46. The molecule has 2 aliphatic rings. The maximum Gasteiger partial charge on any atom is 0.416 e. The molecule has 3 aromatic rings. The van der Waals surface area contributed by atoms with Crippen LogP contribution in [0.4, 0.5) is 37.1 Å². The van der Waals surface area contributed by atoms with E-state index < -0.39 is 41.7 Å². The Morgan fingerprint density at radius 3 is 1.92 bits per heavy atom. The third kappa shape index (κ3) is 8.10. The molecule has 0 spiro atoms. The molecule has 16 heteroatoms. The van der Waals surface area contributed by atoms with Gasteiger partial charge in [-0.25, -0.2) is 14.8 Å². The highest BCUT2D eigenvalue weighted by molar-refractivity contribution is 5.74. The van der Waals surface area contributed by atoms with E-state index in [-0.39, 0.29) is 48.1 Å². The molecule has 49 heavy (non-hydrogen) atoms. The van der Waals surface area contributed by atoms with Crippen molar-refractivity contribution in [3.05, 3.63) is 59.7 Å². The molecule has 10 nitrogen and oxygen atoms in total. The zero-order chi connectivity index (χ0) is 35.7. The number of hydrogen-bond donors (Lipinski definition) is 0. The zero-order valence-electron chi connectivity index (χ0n) is 27.5. The Morgan fingerprint density at radius 2 is 1.45 bits per heavy atom. The van der Waals surface area contributed by atoms with E-state index >= 15 is 0 Å². The molecule has 5 rings (SSSR count). The molecule has 2 aromatic heterocycles. The van der Waals surface area contributed by atoms with Gasteiger partial charge in [0.1, 0.15) is 6.10 Å². The summed E-state index contributed by atoms with van der Waals surface area (Å²) in [6, 6.07) is 0.349. The normalized spacial score (nSPS) is 22.7. The molecule has 0 radical (unpaired) electrons. The van der Waals surface area contributed by atoms with Crippen LogP contribution in [0.3, 0.4) is 0 Å². The first-order valence-corrected chi connectivity index (χ1v) is 16.0. The van der Waals surface area contributed by atoms with Gasteiger partial charge in [-0.05, 0) is 62.3 Å². The fourth-order valence-electron chi connectivity index (χ4n) is 6.61. The molecular weight excluding hydrogens is 658 g/mol. The molecule has 2 fully saturated rings. The number of nitrogens with zero attached hydrogens (tertiary/aromatic N) is 6. The highest BCUT2D eigenvalue weighted by atomic mass is 19.4. The highest BCUT2D eigenvalue weighted by Gasteiger charge is 2.44. The summed E-state index contributed by atoms with van der Waals surface area (Å²) in [5, 5.41) is 4.14.